The molecule has 0 aliphatic heterocycles. The second kappa shape index (κ2) is 4.53. The van der Waals surface area contributed by atoms with E-state index in [0.29, 0.717) is 6.54 Å². The van der Waals surface area contributed by atoms with Crippen LogP contribution in [0.2, 0.25) is 0 Å². The Balaban J connectivity index is 2.34. The van der Waals surface area contributed by atoms with Crippen molar-refractivity contribution in [1.82, 2.24) is 9.55 Å². The molecule has 3 nitrogen and oxygen atoms in total. The highest BCUT2D eigenvalue weighted by Gasteiger charge is 2.00. The topological polar surface area (TPSA) is 34.9 Å². The predicted molar refractivity (Wildman–Crippen MR) is 68.3 cm³/mol. The molecule has 2 rings (SSSR count). The molecule has 0 aliphatic carbocycles. The summed E-state index contributed by atoms with van der Waals surface area (Å²) in [7, 11) is 0. The largest absolute Gasteiger partial charge is 0.348 e. The molecule has 0 bridgehead atoms. The number of nitrogens with zero attached hydrogens (tertiary/aromatic N) is 2. The molecule has 1 heterocycles. The zero-order chi connectivity index (χ0) is 12.4. The van der Waals surface area contributed by atoms with Gasteiger partial charge in [-0.15, -0.1) is 0 Å². The normalized spacial score (nSPS) is 10.5. The van der Waals surface area contributed by atoms with E-state index in [9.17, 15) is 4.79 Å². The van der Waals surface area contributed by atoms with Gasteiger partial charge in [-0.25, -0.2) is 4.79 Å². The van der Waals surface area contributed by atoms with Crippen LogP contribution in [0.5, 0.6) is 0 Å². The van der Waals surface area contributed by atoms with E-state index >= 15 is 0 Å². The lowest BCUT2D eigenvalue weighted by atomic mass is 10.1. The van der Waals surface area contributed by atoms with E-state index in [1.54, 1.807) is 10.8 Å². The SMILES string of the molecule is Cc1cc(C)cc(Cn2ccc(C)nc2=O)c1. The molecule has 1 aromatic heterocycles. The first-order valence-electron chi connectivity index (χ1n) is 5.66. The molecule has 0 atom stereocenters. The molecular formula is C14H16N2O. The van der Waals surface area contributed by atoms with Gasteiger partial charge in [-0.05, 0) is 32.4 Å². The summed E-state index contributed by atoms with van der Waals surface area (Å²) in [6.45, 7) is 6.52. The Morgan fingerprint density at radius 3 is 2.35 bits per heavy atom. The summed E-state index contributed by atoms with van der Waals surface area (Å²) in [4.78, 5) is 15.6. The molecule has 88 valence electrons. The van der Waals surface area contributed by atoms with Crippen molar-refractivity contribution < 1.29 is 0 Å². The van der Waals surface area contributed by atoms with Crippen molar-refractivity contribution in [3.05, 3.63) is 63.3 Å². The molecule has 0 N–H and O–H groups in total. The maximum Gasteiger partial charge on any atom is 0.348 e. The van der Waals surface area contributed by atoms with Crippen LogP contribution in [0.25, 0.3) is 0 Å². The summed E-state index contributed by atoms with van der Waals surface area (Å²) >= 11 is 0. The van der Waals surface area contributed by atoms with Gasteiger partial charge in [0.2, 0.25) is 0 Å². The highest BCUT2D eigenvalue weighted by Crippen LogP contribution is 2.09. The molecule has 2 aromatic rings. The van der Waals surface area contributed by atoms with Crippen molar-refractivity contribution in [1.29, 1.82) is 0 Å². The van der Waals surface area contributed by atoms with E-state index in [1.807, 2.05) is 13.0 Å². The van der Waals surface area contributed by atoms with Crippen LogP contribution in [0.3, 0.4) is 0 Å². The average molecular weight is 228 g/mol. The van der Waals surface area contributed by atoms with E-state index in [2.05, 4.69) is 37.0 Å². The second-order valence-corrected chi connectivity index (χ2v) is 4.48. The molecule has 0 saturated heterocycles. The van der Waals surface area contributed by atoms with Gasteiger partial charge in [0, 0.05) is 11.9 Å². The predicted octanol–water partition coefficient (Wildman–Crippen LogP) is 2.22. The summed E-state index contributed by atoms with van der Waals surface area (Å²) in [6, 6.07) is 8.17. The van der Waals surface area contributed by atoms with E-state index in [0.717, 1.165) is 11.3 Å². The van der Waals surface area contributed by atoms with Crippen molar-refractivity contribution >= 4 is 0 Å². The van der Waals surface area contributed by atoms with E-state index < -0.39 is 0 Å². The molecule has 17 heavy (non-hydrogen) atoms. The fourth-order valence-electron chi connectivity index (χ4n) is 1.99. The molecule has 0 radical (unpaired) electrons. The van der Waals surface area contributed by atoms with Gasteiger partial charge in [0.05, 0.1) is 6.54 Å². The van der Waals surface area contributed by atoms with Gasteiger partial charge in [0.1, 0.15) is 0 Å². The summed E-state index contributed by atoms with van der Waals surface area (Å²) in [5.41, 5.74) is 4.13. The van der Waals surface area contributed by atoms with Gasteiger partial charge in [-0.1, -0.05) is 29.3 Å². The van der Waals surface area contributed by atoms with Crippen molar-refractivity contribution in [2.75, 3.05) is 0 Å². The lowest BCUT2D eigenvalue weighted by molar-refractivity contribution is 0.720. The Hall–Kier alpha value is -1.90. The smallest absolute Gasteiger partial charge is 0.295 e. The van der Waals surface area contributed by atoms with Crippen LogP contribution in [0.4, 0.5) is 0 Å². The van der Waals surface area contributed by atoms with Gasteiger partial charge in [0.15, 0.2) is 0 Å². The third kappa shape index (κ3) is 2.81. The first-order chi connectivity index (χ1) is 8.04. The van der Waals surface area contributed by atoms with Gasteiger partial charge >= 0.3 is 5.69 Å². The minimum Gasteiger partial charge on any atom is -0.295 e. The zero-order valence-electron chi connectivity index (χ0n) is 10.4. The van der Waals surface area contributed by atoms with Crippen LogP contribution in [0, 0.1) is 20.8 Å². The Labute approximate surface area is 101 Å². The maximum absolute atomic E-state index is 11.7. The highest BCUT2D eigenvalue weighted by molar-refractivity contribution is 5.28. The Kier molecular flexibility index (Phi) is 3.09. The molecule has 0 spiro atoms. The number of aromatic nitrogens is 2. The van der Waals surface area contributed by atoms with Crippen LogP contribution in [-0.2, 0) is 6.54 Å². The van der Waals surface area contributed by atoms with E-state index in [1.165, 1.54) is 11.1 Å². The quantitative estimate of drug-likeness (QED) is 0.790. The van der Waals surface area contributed by atoms with Gasteiger partial charge in [-0.2, -0.15) is 4.98 Å². The monoisotopic (exact) mass is 228 g/mol. The second-order valence-electron chi connectivity index (χ2n) is 4.48. The Morgan fingerprint density at radius 1 is 1.12 bits per heavy atom. The fourth-order valence-corrected chi connectivity index (χ4v) is 1.99. The zero-order valence-corrected chi connectivity index (χ0v) is 10.4. The number of aryl methyl sites for hydroxylation is 3. The fraction of sp³-hybridized carbons (Fsp3) is 0.286. The van der Waals surface area contributed by atoms with Gasteiger partial charge in [0.25, 0.3) is 0 Å². The van der Waals surface area contributed by atoms with Crippen LogP contribution in [0.1, 0.15) is 22.4 Å². The van der Waals surface area contributed by atoms with Crippen molar-refractivity contribution in [2.45, 2.75) is 27.3 Å². The van der Waals surface area contributed by atoms with E-state index in [4.69, 9.17) is 0 Å². The van der Waals surface area contributed by atoms with Crippen LogP contribution < -0.4 is 5.69 Å². The Bertz CT molecular complexity index is 579. The molecule has 0 fully saturated rings. The summed E-state index contributed by atoms with van der Waals surface area (Å²) in [5.74, 6) is 0. The van der Waals surface area contributed by atoms with Crippen molar-refractivity contribution in [3.63, 3.8) is 0 Å². The third-order valence-corrected chi connectivity index (χ3v) is 2.65. The first-order valence-corrected chi connectivity index (χ1v) is 5.66. The minimum atomic E-state index is -0.191. The molecule has 0 aliphatic rings. The van der Waals surface area contributed by atoms with E-state index in [-0.39, 0.29) is 5.69 Å². The summed E-state index contributed by atoms with van der Waals surface area (Å²) in [6.07, 6.45) is 1.79. The lowest BCUT2D eigenvalue weighted by Gasteiger charge is -2.07. The third-order valence-electron chi connectivity index (χ3n) is 2.65. The lowest BCUT2D eigenvalue weighted by Crippen LogP contribution is -2.23. The van der Waals surface area contributed by atoms with Gasteiger partial charge < -0.3 is 0 Å². The van der Waals surface area contributed by atoms with Crippen LogP contribution in [-0.4, -0.2) is 9.55 Å². The number of hydrogen-bond donors (Lipinski definition) is 0. The van der Waals surface area contributed by atoms with Crippen molar-refractivity contribution in [3.8, 4) is 0 Å². The molecule has 0 amide bonds. The molecule has 0 unspecified atom stereocenters. The first kappa shape index (κ1) is 11.6. The summed E-state index contributed by atoms with van der Waals surface area (Å²) in [5, 5.41) is 0. The van der Waals surface area contributed by atoms with Gasteiger partial charge in [-0.3, -0.25) is 4.57 Å². The van der Waals surface area contributed by atoms with Crippen molar-refractivity contribution in [2.24, 2.45) is 0 Å². The minimum absolute atomic E-state index is 0.191. The van der Waals surface area contributed by atoms with Crippen LogP contribution in [0.15, 0.2) is 35.3 Å². The number of benzene rings is 1. The number of hydrogen-bond acceptors (Lipinski definition) is 2. The maximum atomic E-state index is 11.7. The average Bonchev–Trinajstić information content (AvgIpc) is 2.21. The Morgan fingerprint density at radius 2 is 1.76 bits per heavy atom. The van der Waals surface area contributed by atoms with Crippen LogP contribution >= 0.6 is 0 Å². The molecule has 0 saturated carbocycles. The highest BCUT2D eigenvalue weighted by atomic mass is 16.1. The number of rotatable bonds is 2. The summed E-state index contributed by atoms with van der Waals surface area (Å²) < 4.78 is 1.63. The standard InChI is InChI=1S/C14H16N2O/c1-10-6-11(2)8-13(7-10)9-16-5-4-12(3)15-14(16)17/h4-8H,9H2,1-3H3. The molecular weight excluding hydrogens is 212 g/mol. The molecule has 3 heteroatoms. The molecule has 1 aromatic carbocycles.